The maximum absolute atomic E-state index is 13.5. The molecule has 0 spiro atoms. The number of aliphatic imine (C=N–C) groups is 1. The molecular formula is C12H15BrClFN2. The number of nitrogens with zero attached hydrogens (tertiary/aromatic N) is 1. The SMILES string of the molecule is Br.Fc1cc(Cl)ccc1NC1=NCCCCC1. The topological polar surface area (TPSA) is 24.4 Å². The van der Waals surface area contributed by atoms with Crippen molar-refractivity contribution in [2.45, 2.75) is 25.7 Å². The lowest BCUT2D eigenvalue weighted by Gasteiger charge is -2.09. The minimum absolute atomic E-state index is 0. The summed E-state index contributed by atoms with van der Waals surface area (Å²) in [5.41, 5.74) is 0.449. The zero-order valence-corrected chi connectivity index (χ0v) is 11.8. The number of hydrogen-bond donors (Lipinski definition) is 1. The average Bonchev–Trinajstić information content (AvgIpc) is 2.51. The van der Waals surface area contributed by atoms with Gasteiger partial charge in [-0.25, -0.2) is 4.39 Å². The van der Waals surface area contributed by atoms with Crippen molar-refractivity contribution < 1.29 is 4.39 Å². The van der Waals surface area contributed by atoms with Gasteiger partial charge in [0, 0.05) is 18.0 Å². The van der Waals surface area contributed by atoms with Gasteiger partial charge in [0.1, 0.15) is 11.7 Å². The predicted octanol–water partition coefficient (Wildman–Crippen LogP) is 4.44. The van der Waals surface area contributed by atoms with Crippen molar-refractivity contribution in [1.82, 2.24) is 0 Å². The van der Waals surface area contributed by atoms with E-state index in [1.807, 2.05) is 0 Å². The molecule has 5 heteroatoms. The third-order valence-corrected chi connectivity index (χ3v) is 2.82. The Bertz CT molecular complexity index is 409. The molecule has 0 fully saturated rings. The average molecular weight is 322 g/mol. The lowest BCUT2D eigenvalue weighted by Crippen LogP contribution is -2.12. The minimum atomic E-state index is -0.334. The summed E-state index contributed by atoms with van der Waals surface area (Å²) in [6.07, 6.45) is 4.31. The van der Waals surface area contributed by atoms with E-state index < -0.39 is 0 Å². The first-order chi connectivity index (χ1) is 7.75. The maximum atomic E-state index is 13.5. The molecule has 0 saturated carbocycles. The standard InChI is InChI=1S/C12H14ClFN2.BrH/c13-9-5-6-11(10(14)8-9)16-12-4-2-1-3-7-15-12;/h5-6,8H,1-4,7H2,(H,15,16);1H. The molecule has 2 nitrogen and oxygen atoms in total. The molecule has 1 aliphatic heterocycles. The Kier molecular flexibility index (Phi) is 5.92. The highest BCUT2D eigenvalue weighted by atomic mass is 79.9. The molecule has 1 aromatic rings. The fourth-order valence-electron chi connectivity index (χ4n) is 1.72. The van der Waals surface area contributed by atoms with Gasteiger partial charge in [-0.1, -0.05) is 18.0 Å². The molecular weight excluding hydrogens is 307 g/mol. The first kappa shape index (κ1) is 14.5. The monoisotopic (exact) mass is 320 g/mol. The zero-order valence-electron chi connectivity index (χ0n) is 9.38. The summed E-state index contributed by atoms with van der Waals surface area (Å²) in [6, 6.07) is 4.62. The summed E-state index contributed by atoms with van der Waals surface area (Å²) < 4.78 is 13.5. The molecule has 1 N–H and O–H groups in total. The van der Waals surface area contributed by atoms with Crippen LogP contribution in [0.2, 0.25) is 5.02 Å². The molecule has 1 aromatic carbocycles. The molecule has 0 bridgehead atoms. The van der Waals surface area contributed by atoms with Gasteiger partial charge in [-0.2, -0.15) is 0 Å². The molecule has 0 aliphatic carbocycles. The lowest BCUT2D eigenvalue weighted by atomic mass is 10.2. The van der Waals surface area contributed by atoms with Crippen molar-refractivity contribution in [3.05, 3.63) is 29.0 Å². The Morgan fingerprint density at radius 3 is 2.82 bits per heavy atom. The number of amidine groups is 1. The Hall–Kier alpha value is -0.610. The molecule has 94 valence electrons. The molecule has 0 unspecified atom stereocenters. The summed E-state index contributed by atoms with van der Waals surface area (Å²) in [7, 11) is 0. The van der Waals surface area contributed by atoms with E-state index in [0.29, 0.717) is 10.7 Å². The molecule has 1 aliphatic rings. The predicted molar refractivity (Wildman–Crippen MR) is 76.1 cm³/mol. The molecule has 0 atom stereocenters. The summed E-state index contributed by atoms with van der Waals surface area (Å²) in [6.45, 7) is 0.831. The van der Waals surface area contributed by atoms with Crippen molar-refractivity contribution in [3.63, 3.8) is 0 Å². The largest absolute Gasteiger partial charge is 0.342 e. The van der Waals surface area contributed by atoms with Gasteiger partial charge in [0.15, 0.2) is 0 Å². The molecule has 0 aromatic heterocycles. The summed E-state index contributed by atoms with van der Waals surface area (Å²) in [5.74, 6) is 0.540. The van der Waals surface area contributed by atoms with Gasteiger partial charge in [-0.15, -0.1) is 17.0 Å². The van der Waals surface area contributed by atoms with Crippen LogP contribution >= 0.6 is 28.6 Å². The lowest BCUT2D eigenvalue weighted by molar-refractivity contribution is 0.632. The van der Waals surface area contributed by atoms with E-state index in [4.69, 9.17) is 11.6 Å². The fourth-order valence-corrected chi connectivity index (χ4v) is 1.88. The second-order valence-corrected chi connectivity index (χ2v) is 4.32. The first-order valence-corrected chi connectivity index (χ1v) is 5.89. The summed E-state index contributed by atoms with van der Waals surface area (Å²) >= 11 is 5.69. The van der Waals surface area contributed by atoms with Gasteiger partial charge in [-0.3, -0.25) is 4.99 Å². The van der Waals surface area contributed by atoms with Crippen LogP contribution in [0.1, 0.15) is 25.7 Å². The van der Waals surface area contributed by atoms with Gasteiger partial charge >= 0.3 is 0 Å². The van der Waals surface area contributed by atoms with Crippen LogP contribution in [0.5, 0.6) is 0 Å². The number of rotatable bonds is 1. The third kappa shape index (κ3) is 4.28. The zero-order chi connectivity index (χ0) is 11.4. The highest BCUT2D eigenvalue weighted by Gasteiger charge is 2.07. The van der Waals surface area contributed by atoms with Crippen molar-refractivity contribution in [3.8, 4) is 0 Å². The number of halogens is 3. The highest BCUT2D eigenvalue weighted by Crippen LogP contribution is 2.20. The number of hydrogen-bond acceptors (Lipinski definition) is 2. The van der Waals surface area contributed by atoms with E-state index in [0.717, 1.165) is 31.6 Å². The molecule has 0 amide bonds. The van der Waals surface area contributed by atoms with Crippen LogP contribution in [0.15, 0.2) is 23.2 Å². The summed E-state index contributed by atoms with van der Waals surface area (Å²) in [5, 5.41) is 3.44. The van der Waals surface area contributed by atoms with E-state index in [1.54, 1.807) is 12.1 Å². The molecule has 2 rings (SSSR count). The summed E-state index contributed by atoms with van der Waals surface area (Å²) in [4.78, 5) is 4.39. The van der Waals surface area contributed by atoms with E-state index in [2.05, 4.69) is 10.3 Å². The minimum Gasteiger partial charge on any atom is -0.342 e. The number of nitrogens with one attached hydrogen (secondary N) is 1. The Morgan fingerprint density at radius 2 is 2.06 bits per heavy atom. The fraction of sp³-hybridized carbons (Fsp3) is 0.417. The van der Waals surface area contributed by atoms with Crippen LogP contribution in [-0.4, -0.2) is 12.4 Å². The van der Waals surface area contributed by atoms with E-state index >= 15 is 0 Å². The third-order valence-electron chi connectivity index (χ3n) is 2.58. The number of benzene rings is 1. The van der Waals surface area contributed by atoms with Crippen LogP contribution in [-0.2, 0) is 0 Å². The first-order valence-electron chi connectivity index (χ1n) is 5.51. The van der Waals surface area contributed by atoms with E-state index in [9.17, 15) is 4.39 Å². The van der Waals surface area contributed by atoms with Crippen LogP contribution in [0.4, 0.5) is 10.1 Å². The van der Waals surface area contributed by atoms with Crippen molar-refractivity contribution >= 4 is 40.1 Å². The van der Waals surface area contributed by atoms with Crippen molar-refractivity contribution in [2.24, 2.45) is 4.99 Å². The quantitative estimate of drug-likeness (QED) is 0.812. The maximum Gasteiger partial charge on any atom is 0.148 e. The number of anilines is 1. The van der Waals surface area contributed by atoms with Gasteiger partial charge in [0.2, 0.25) is 0 Å². The smallest absolute Gasteiger partial charge is 0.148 e. The second-order valence-electron chi connectivity index (χ2n) is 3.89. The molecule has 17 heavy (non-hydrogen) atoms. The van der Waals surface area contributed by atoms with Crippen LogP contribution in [0, 0.1) is 5.82 Å². The second kappa shape index (κ2) is 6.97. The molecule has 0 radical (unpaired) electrons. The van der Waals surface area contributed by atoms with E-state index in [-0.39, 0.29) is 22.8 Å². The molecule has 1 heterocycles. The Balaban J connectivity index is 0.00000144. The Labute approximate surface area is 116 Å². The van der Waals surface area contributed by atoms with Crippen LogP contribution in [0.25, 0.3) is 0 Å². The van der Waals surface area contributed by atoms with Crippen molar-refractivity contribution in [2.75, 3.05) is 11.9 Å². The van der Waals surface area contributed by atoms with Gasteiger partial charge < -0.3 is 5.32 Å². The van der Waals surface area contributed by atoms with Crippen molar-refractivity contribution in [1.29, 1.82) is 0 Å². The van der Waals surface area contributed by atoms with Crippen LogP contribution in [0.3, 0.4) is 0 Å². The normalized spacial score (nSPS) is 15.5. The van der Waals surface area contributed by atoms with Crippen LogP contribution < -0.4 is 5.32 Å². The van der Waals surface area contributed by atoms with Gasteiger partial charge in [-0.05, 0) is 31.0 Å². The van der Waals surface area contributed by atoms with E-state index in [1.165, 1.54) is 12.5 Å². The Morgan fingerprint density at radius 1 is 1.24 bits per heavy atom. The molecule has 0 saturated heterocycles. The highest BCUT2D eigenvalue weighted by molar-refractivity contribution is 8.93. The van der Waals surface area contributed by atoms with Gasteiger partial charge in [0.05, 0.1) is 5.69 Å². The van der Waals surface area contributed by atoms with Gasteiger partial charge in [0.25, 0.3) is 0 Å².